The van der Waals surface area contributed by atoms with Crippen LogP contribution in [0.25, 0.3) is 0 Å². The van der Waals surface area contributed by atoms with Crippen LogP contribution >= 0.6 is 0 Å². The van der Waals surface area contributed by atoms with Crippen LogP contribution < -0.4 is 0 Å². The Morgan fingerprint density at radius 2 is 1.93 bits per heavy atom. The molecule has 2 saturated carbocycles. The monoisotopic (exact) mass is 430 g/mol. The van der Waals surface area contributed by atoms with Crippen molar-refractivity contribution in [3.05, 3.63) is 11.6 Å². The first kappa shape index (κ1) is 21.2. The molecule has 1 heterocycles. The zero-order valence-electron chi connectivity index (χ0n) is 17.1. The van der Waals surface area contributed by atoms with Crippen LogP contribution in [0.4, 0.5) is 0 Å². The van der Waals surface area contributed by atoms with Crippen LogP contribution in [-0.2, 0) is 24.1 Å². The van der Waals surface area contributed by atoms with Crippen LogP contribution in [0.15, 0.2) is 11.6 Å². The van der Waals surface area contributed by atoms with Crippen LogP contribution in [0, 0.1) is 22.2 Å². The van der Waals surface area contributed by atoms with Gasteiger partial charge < -0.3 is 14.9 Å². The first-order valence-corrected chi connectivity index (χ1v) is 11.6. The summed E-state index contributed by atoms with van der Waals surface area (Å²) in [5, 5.41) is 22.5. The first-order chi connectivity index (χ1) is 13.3. The van der Waals surface area contributed by atoms with Gasteiger partial charge >= 0.3 is 16.4 Å². The molecule has 4 aliphatic rings. The van der Waals surface area contributed by atoms with Crippen molar-refractivity contribution in [1.82, 2.24) is 0 Å². The van der Waals surface area contributed by atoms with Crippen LogP contribution in [0.5, 0.6) is 0 Å². The number of aliphatic hydroxyl groups is 2. The Labute approximate surface area is 171 Å². The van der Waals surface area contributed by atoms with Gasteiger partial charge in [-0.25, -0.2) is 4.18 Å². The molecule has 1 aliphatic heterocycles. The molecule has 0 aromatic heterocycles. The number of esters is 1. The van der Waals surface area contributed by atoms with Gasteiger partial charge in [-0.2, -0.15) is 8.42 Å². The van der Waals surface area contributed by atoms with E-state index < -0.39 is 51.1 Å². The summed E-state index contributed by atoms with van der Waals surface area (Å²) in [5.74, 6) is -0.302. The van der Waals surface area contributed by atoms with Crippen molar-refractivity contribution in [3.63, 3.8) is 0 Å². The molecule has 0 amide bonds. The van der Waals surface area contributed by atoms with E-state index >= 15 is 0 Å². The second-order valence-corrected chi connectivity index (χ2v) is 11.2. The van der Waals surface area contributed by atoms with Gasteiger partial charge in [0.1, 0.15) is 6.10 Å². The predicted octanol–water partition coefficient (Wildman–Crippen LogP) is 1.77. The Bertz CT molecular complexity index is 868. The van der Waals surface area contributed by atoms with Gasteiger partial charge in [0, 0.05) is 11.3 Å². The largest absolute Gasteiger partial charge is 0.457 e. The van der Waals surface area contributed by atoms with Gasteiger partial charge in [-0.15, -0.1) is 0 Å². The molecule has 164 valence electrons. The third-order valence-corrected chi connectivity index (χ3v) is 8.91. The number of hydrogen-bond acceptors (Lipinski definition) is 7. The lowest BCUT2D eigenvalue weighted by Gasteiger charge is -2.61. The molecule has 0 aromatic carbocycles. The number of aliphatic hydroxyl groups excluding tert-OH is 1. The second-order valence-electron chi connectivity index (χ2n) is 10.1. The number of ether oxygens (including phenoxy) is 1. The highest BCUT2D eigenvalue weighted by molar-refractivity contribution is 7.80. The average Bonchev–Trinajstić information content (AvgIpc) is 2.86. The third kappa shape index (κ3) is 2.92. The maximum atomic E-state index is 12.7. The highest BCUT2D eigenvalue weighted by Gasteiger charge is 2.70. The van der Waals surface area contributed by atoms with Gasteiger partial charge in [0.25, 0.3) is 0 Å². The molecule has 1 unspecified atom stereocenters. The van der Waals surface area contributed by atoms with Crippen molar-refractivity contribution < 1.29 is 36.9 Å². The van der Waals surface area contributed by atoms with E-state index in [4.69, 9.17) is 9.29 Å². The van der Waals surface area contributed by atoms with E-state index in [1.165, 1.54) is 0 Å². The van der Waals surface area contributed by atoms with Crippen LogP contribution in [0.3, 0.4) is 0 Å². The first-order valence-electron chi connectivity index (χ1n) is 10.2. The van der Waals surface area contributed by atoms with E-state index in [1.807, 2.05) is 19.9 Å². The zero-order valence-corrected chi connectivity index (χ0v) is 17.9. The summed E-state index contributed by atoms with van der Waals surface area (Å²) in [6, 6.07) is 0. The van der Waals surface area contributed by atoms with E-state index in [0.29, 0.717) is 19.3 Å². The predicted molar refractivity (Wildman–Crippen MR) is 102 cm³/mol. The zero-order chi connectivity index (χ0) is 21.5. The number of rotatable bonds is 4. The summed E-state index contributed by atoms with van der Waals surface area (Å²) in [4.78, 5) is 12.7. The Morgan fingerprint density at radius 3 is 2.59 bits per heavy atom. The van der Waals surface area contributed by atoms with Crippen LogP contribution in [-0.4, -0.2) is 53.6 Å². The quantitative estimate of drug-likeness (QED) is 0.349. The van der Waals surface area contributed by atoms with Gasteiger partial charge in [-0.05, 0) is 56.1 Å². The van der Waals surface area contributed by atoms with Crippen molar-refractivity contribution in [2.75, 3.05) is 6.61 Å². The molecule has 4 rings (SSSR count). The minimum absolute atomic E-state index is 0.0952. The minimum atomic E-state index is -4.65. The molecule has 8 nitrogen and oxygen atoms in total. The van der Waals surface area contributed by atoms with Crippen LogP contribution in [0.1, 0.15) is 59.3 Å². The molecule has 0 bridgehead atoms. The lowest BCUT2D eigenvalue weighted by atomic mass is 9.43. The number of carbonyl (C=O) groups excluding carboxylic acids is 1. The van der Waals surface area contributed by atoms with Gasteiger partial charge in [-0.1, -0.05) is 20.3 Å². The topological polar surface area (TPSA) is 130 Å². The molecule has 3 aliphatic carbocycles. The van der Waals surface area contributed by atoms with Gasteiger partial charge in [0.05, 0.1) is 23.7 Å². The Hall–Kier alpha value is -1.00. The summed E-state index contributed by atoms with van der Waals surface area (Å²) in [6.45, 7) is 5.25. The van der Waals surface area contributed by atoms with E-state index in [-0.39, 0.29) is 11.9 Å². The van der Waals surface area contributed by atoms with Crippen molar-refractivity contribution in [2.24, 2.45) is 22.2 Å². The van der Waals surface area contributed by atoms with Gasteiger partial charge in [0.15, 0.2) is 0 Å². The van der Waals surface area contributed by atoms with Crippen LogP contribution in [0.2, 0.25) is 0 Å². The SMILES string of the molecule is C[C@]1(C(O)COS(=O)(=O)O)CC[C@@]2(O)C(=C[C@H]3OC(=O)[C@@]4(C)CCC[C@@]2(C)[C@@H]34)C1. The molecule has 29 heavy (non-hydrogen) atoms. The van der Waals surface area contributed by atoms with Crippen molar-refractivity contribution in [3.8, 4) is 0 Å². The van der Waals surface area contributed by atoms with Crippen molar-refractivity contribution in [2.45, 2.75) is 77.1 Å². The molecular weight excluding hydrogens is 400 g/mol. The summed E-state index contributed by atoms with van der Waals surface area (Å²) in [6.07, 6.45) is 3.86. The third-order valence-electron chi connectivity index (χ3n) is 8.48. The molecule has 7 atom stereocenters. The van der Waals surface area contributed by atoms with E-state index in [0.717, 1.165) is 24.8 Å². The Morgan fingerprint density at radius 1 is 1.24 bits per heavy atom. The fourth-order valence-corrected chi connectivity index (χ4v) is 6.99. The maximum Gasteiger partial charge on any atom is 0.397 e. The normalized spacial score (nSPS) is 47.7. The second kappa shape index (κ2) is 6.26. The lowest BCUT2D eigenvalue weighted by Crippen LogP contribution is -2.64. The van der Waals surface area contributed by atoms with E-state index in [1.54, 1.807) is 0 Å². The number of carbonyl (C=O) groups is 1. The van der Waals surface area contributed by atoms with Gasteiger partial charge in [-0.3, -0.25) is 9.35 Å². The molecule has 0 aromatic rings. The summed E-state index contributed by atoms with van der Waals surface area (Å²) >= 11 is 0. The van der Waals surface area contributed by atoms with Crippen molar-refractivity contribution in [1.29, 1.82) is 0 Å². The number of hydrogen-bond donors (Lipinski definition) is 3. The fourth-order valence-electron chi connectivity index (χ4n) is 6.69. The molecule has 9 heteroatoms. The molecule has 3 fully saturated rings. The van der Waals surface area contributed by atoms with E-state index in [9.17, 15) is 23.4 Å². The van der Waals surface area contributed by atoms with Crippen molar-refractivity contribution >= 4 is 16.4 Å². The minimum Gasteiger partial charge on any atom is -0.457 e. The van der Waals surface area contributed by atoms with Gasteiger partial charge in [0.2, 0.25) is 0 Å². The fraction of sp³-hybridized carbons (Fsp3) is 0.850. The summed E-state index contributed by atoms with van der Waals surface area (Å²) in [5.41, 5.74) is -2.23. The van der Waals surface area contributed by atoms with E-state index in [2.05, 4.69) is 11.1 Å². The number of fused-ring (bicyclic) bond motifs is 2. The lowest BCUT2D eigenvalue weighted by molar-refractivity contribution is -0.168. The summed E-state index contributed by atoms with van der Waals surface area (Å²) in [7, 11) is -4.65. The molecule has 1 saturated heterocycles. The Kier molecular flexibility index (Phi) is 4.58. The maximum absolute atomic E-state index is 12.7. The average molecular weight is 431 g/mol. The smallest absolute Gasteiger partial charge is 0.397 e. The molecular formula is C20H30O8S. The molecule has 0 spiro atoms. The molecule has 3 N–H and O–H groups in total. The molecule has 0 radical (unpaired) electrons. The highest BCUT2D eigenvalue weighted by Crippen LogP contribution is 2.68. The Balaban J connectivity index is 1.67. The highest BCUT2D eigenvalue weighted by atomic mass is 32.3. The summed E-state index contributed by atoms with van der Waals surface area (Å²) < 4.78 is 40.7. The standard InChI is InChI=1S/C20H30O8S/c1-17(14(21)11-27-29(24,25)26)7-8-20(23)12(10-17)9-13-15-18(2,16(22)28-13)5-4-6-19(15,20)3/h9,13-15,21,23H,4-8,10-11H2,1-3H3,(H,24,25,26)/t13-,14?,15+,17+,18+,19+,20-/m1/s1.